The second-order valence-electron chi connectivity index (χ2n) is 3.60. The summed E-state index contributed by atoms with van der Waals surface area (Å²) in [7, 11) is 0. The molecule has 0 unspecified atom stereocenters. The first-order valence-corrected chi connectivity index (χ1v) is 4.73. The third-order valence-corrected chi connectivity index (χ3v) is 2.30. The molecule has 1 heterocycles. The lowest BCUT2D eigenvalue weighted by Crippen LogP contribution is -1.92. The molecule has 1 N–H and O–H groups in total. The van der Waals surface area contributed by atoms with Gasteiger partial charge in [-0.1, -0.05) is 6.07 Å². The van der Waals surface area contributed by atoms with Gasteiger partial charge in [0, 0.05) is 24.4 Å². The Morgan fingerprint density at radius 1 is 1.20 bits per heavy atom. The Kier molecular flexibility index (Phi) is 2.54. The summed E-state index contributed by atoms with van der Waals surface area (Å²) < 4.78 is 25.9. The molecule has 0 spiro atoms. The predicted molar refractivity (Wildman–Crippen MR) is 54.7 cm³/mol. The average molecular weight is 207 g/mol. The van der Waals surface area contributed by atoms with Crippen LogP contribution in [-0.2, 0) is 6.42 Å². The summed E-state index contributed by atoms with van der Waals surface area (Å²) in [5.41, 5.74) is 2.54. The lowest BCUT2D eigenvalue weighted by atomic mass is 10.1. The highest BCUT2D eigenvalue weighted by atomic mass is 19.1. The fraction of sp³-hybridized carbons (Fsp3) is 0.167. The van der Waals surface area contributed by atoms with Crippen molar-refractivity contribution in [2.45, 2.75) is 13.3 Å². The van der Waals surface area contributed by atoms with Crippen LogP contribution in [0.2, 0.25) is 0 Å². The fourth-order valence-electron chi connectivity index (χ4n) is 1.55. The number of H-pyrrole nitrogens is 1. The van der Waals surface area contributed by atoms with Crippen molar-refractivity contribution in [1.29, 1.82) is 0 Å². The molecule has 0 aliphatic heterocycles. The van der Waals surface area contributed by atoms with E-state index in [2.05, 4.69) is 4.98 Å². The number of aromatic amines is 1. The zero-order valence-corrected chi connectivity index (χ0v) is 8.35. The van der Waals surface area contributed by atoms with Crippen molar-refractivity contribution in [2.24, 2.45) is 0 Å². The molecule has 0 aliphatic carbocycles. The van der Waals surface area contributed by atoms with Crippen molar-refractivity contribution in [3.8, 4) is 0 Å². The molecule has 1 aromatic heterocycles. The van der Waals surface area contributed by atoms with Gasteiger partial charge in [-0.15, -0.1) is 0 Å². The van der Waals surface area contributed by atoms with E-state index in [1.807, 2.05) is 19.2 Å². The Bertz CT molecular complexity index is 474. The second-order valence-corrected chi connectivity index (χ2v) is 3.60. The van der Waals surface area contributed by atoms with Crippen LogP contribution in [0.4, 0.5) is 8.78 Å². The van der Waals surface area contributed by atoms with Gasteiger partial charge in [0.15, 0.2) is 0 Å². The summed E-state index contributed by atoms with van der Waals surface area (Å²) in [6.45, 7) is 1.94. The Morgan fingerprint density at radius 2 is 2.00 bits per heavy atom. The monoisotopic (exact) mass is 207 g/mol. The average Bonchev–Trinajstić information content (AvgIpc) is 2.56. The first-order valence-electron chi connectivity index (χ1n) is 4.73. The number of hydrogen-bond acceptors (Lipinski definition) is 0. The molecule has 0 saturated carbocycles. The van der Waals surface area contributed by atoms with E-state index >= 15 is 0 Å². The van der Waals surface area contributed by atoms with Crippen LogP contribution in [-0.4, -0.2) is 4.98 Å². The van der Waals surface area contributed by atoms with E-state index in [0.29, 0.717) is 12.0 Å². The van der Waals surface area contributed by atoms with Gasteiger partial charge in [-0.25, -0.2) is 8.78 Å². The van der Waals surface area contributed by atoms with Crippen molar-refractivity contribution in [3.05, 3.63) is 58.9 Å². The maximum absolute atomic E-state index is 13.3. The molecule has 78 valence electrons. The quantitative estimate of drug-likeness (QED) is 0.778. The first kappa shape index (κ1) is 9.90. The Labute approximate surface area is 86.8 Å². The summed E-state index contributed by atoms with van der Waals surface area (Å²) >= 11 is 0. The van der Waals surface area contributed by atoms with Gasteiger partial charge >= 0.3 is 0 Å². The fourth-order valence-corrected chi connectivity index (χ4v) is 1.55. The van der Waals surface area contributed by atoms with E-state index < -0.39 is 11.6 Å². The Hall–Kier alpha value is -1.64. The lowest BCUT2D eigenvalue weighted by Gasteiger charge is -2.00. The van der Waals surface area contributed by atoms with Crippen LogP contribution in [0.5, 0.6) is 0 Å². The topological polar surface area (TPSA) is 15.8 Å². The summed E-state index contributed by atoms with van der Waals surface area (Å²) in [5, 5.41) is 0. The third-order valence-electron chi connectivity index (χ3n) is 2.30. The highest BCUT2D eigenvalue weighted by Crippen LogP contribution is 2.15. The van der Waals surface area contributed by atoms with Crippen molar-refractivity contribution in [1.82, 2.24) is 4.98 Å². The molecule has 0 bridgehead atoms. The van der Waals surface area contributed by atoms with Gasteiger partial charge in [0.1, 0.15) is 11.6 Å². The zero-order chi connectivity index (χ0) is 10.8. The number of aryl methyl sites for hydroxylation is 1. The number of benzene rings is 1. The molecule has 1 nitrogen and oxygen atoms in total. The largest absolute Gasteiger partial charge is 0.365 e. The molecule has 2 aromatic rings. The normalized spacial score (nSPS) is 10.6. The van der Waals surface area contributed by atoms with Crippen molar-refractivity contribution >= 4 is 0 Å². The molecule has 3 heteroatoms. The number of aromatic nitrogens is 1. The number of hydrogen-bond donors (Lipinski definition) is 1. The molecular weight excluding hydrogens is 196 g/mol. The van der Waals surface area contributed by atoms with Crippen LogP contribution in [0.25, 0.3) is 0 Å². The van der Waals surface area contributed by atoms with Gasteiger partial charge in [-0.2, -0.15) is 0 Å². The third kappa shape index (κ3) is 2.24. The minimum atomic E-state index is -0.540. The smallest absolute Gasteiger partial charge is 0.129 e. The summed E-state index contributed by atoms with van der Waals surface area (Å²) in [6.07, 6.45) is 2.31. The van der Waals surface area contributed by atoms with Crippen LogP contribution in [0.3, 0.4) is 0 Å². The molecule has 1 aromatic carbocycles. The van der Waals surface area contributed by atoms with E-state index in [-0.39, 0.29) is 0 Å². The van der Waals surface area contributed by atoms with Crippen molar-refractivity contribution in [3.63, 3.8) is 0 Å². The maximum atomic E-state index is 13.3. The number of rotatable bonds is 2. The molecule has 2 rings (SSSR count). The Morgan fingerprint density at radius 3 is 2.60 bits per heavy atom. The standard InChI is InChI=1S/C12H11F2N/c1-8-4-9(7-15-8)5-10-2-3-11(13)6-12(10)14/h2-4,6-7,15H,5H2,1H3. The molecule has 15 heavy (non-hydrogen) atoms. The molecule has 0 aliphatic rings. The summed E-state index contributed by atoms with van der Waals surface area (Å²) in [5.74, 6) is -1.03. The van der Waals surface area contributed by atoms with Crippen molar-refractivity contribution < 1.29 is 8.78 Å². The minimum Gasteiger partial charge on any atom is -0.365 e. The van der Waals surface area contributed by atoms with E-state index in [4.69, 9.17) is 0 Å². The van der Waals surface area contributed by atoms with Crippen LogP contribution in [0.15, 0.2) is 30.5 Å². The summed E-state index contributed by atoms with van der Waals surface area (Å²) in [6, 6.07) is 5.61. The van der Waals surface area contributed by atoms with Gasteiger partial charge in [-0.3, -0.25) is 0 Å². The SMILES string of the molecule is Cc1cc(Cc2ccc(F)cc2F)c[nH]1. The lowest BCUT2D eigenvalue weighted by molar-refractivity contribution is 0.574. The molecule has 0 radical (unpaired) electrons. The van der Waals surface area contributed by atoms with E-state index in [1.54, 1.807) is 0 Å². The molecular formula is C12H11F2N. The maximum Gasteiger partial charge on any atom is 0.129 e. The second kappa shape index (κ2) is 3.85. The summed E-state index contributed by atoms with van der Waals surface area (Å²) in [4.78, 5) is 3.02. The number of nitrogens with one attached hydrogen (secondary N) is 1. The van der Waals surface area contributed by atoms with Crippen molar-refractivity contribution in [2.75, 3.05) is 0 Å². The molecule has 0 atom stereocenters. The van der Waals surface area contributed by atoms with Gasteiger partial charge in [0.25, 0.3) is 0 Å². The van der Waals surface area contributed by atoms with Gasteiger partial charge in [0.05, 0.1) is 0 Å². The minimum absolute atomic E-state index is 0.483. The first-order chi connectivity index (χ1) is 7.15. The van der Waals surface area contributed by atoms with Gasteiger partial charge in [-0.05, 0) is 30.2 Å². The predicted octanol–water partition coefficient (Wildman–Crippen LogP) is 3.19. The van der Waals surface area contributed by atoms with Crippen LogP contribution in [0.1, 0.15) is 16.8 Å². The van der Waals surface area contributed by atoms with Gasteiger partial charge in [0.2, 0.25) is 0 Å². The molecule has 0 saturated heterocycles. The van der Waals surface area contributed by atoms with E-state index in [9.17, 15) is 8.78 Å². The van der Waals surface area contributed by atoms with E-state index in [0.717, 1.165) is 17.3 Å². The highest BCUT2D eigenvalue weighted by molar-refractivity contribution is 5.27. The Balaban J connectivity index is 2.24. The number of halogens is 2. The van der Waals surface area contributed by atoms with Crippen LogP contribution >= 0.6 is 0 Å². The highest BCUT2D eigenvalue weighted by Gasteiger charge is 2.05. The van der Waals surface area contributed by atoms with Crippen LogP contribution in [0, 0.1) is 18.6 Å². The molecule has 0 amide bonds. The van der Waals surface area contributed by atoms with Crippen LogP contribution < -0.4 is 0 Å². The van der Waals surface area contributed by atoms with E-state index in [1.165, 1.54) is 12.1 Å². The van der Waals surface area contributed by atoms with Gasteiger partial charge < -0.3 is 4.98 Å². The molecule has 0 fully saturated rings. The zero-order valence-electron chi connectivity index (χ0n) is 8.35.